The summed E-state index contributed by atoms with van der Waals surface area (Å²) in [6.07, 6.45) is 0. The Hall–Kier alpha value is -4.83. The fourth-order valence-corrected chi connectivity index (χ4v) is 4.89. The molecule has 4 nitrogen and oxygen atoms in total. The van der Waals surface area contributed by atoms with Crippen molar-refractivity contribution in [2.75, 3.05) is 0 Å². The molecule has 0 fully saturated rings. The molecule has 5 aromatic carbocycles. The first-order valence-corrected chi connectivity index (χ1v) is 12.0. The lowest BCUT2D eigenvalue weighted by atomic mass is 10.0. The van der Waals surface area contributed by atoms with Gasteiger partial charge in [-0.25, -0.2) is 15.0 Å². The van der Waals surface area contributed by atoms with E-state index in [2.05, 4.69) is 55.5 Å². The molecule has 7 aromatic rings. The van der Waals surface area contributed by atoms with Crippen LogP contribution in [0.25, 0.3) is 66.9 Å². The van der Waals surface area contributed by atoms with Gasteiger partial charge in [-0.3, -0.25) is 0 Å². The number of hydrogen-bond acceptors (Lipinski definition) is 4. The molecule has 7 rings (SSSR count). The molecule has 0 unspecified atom stereocenters. The molecule has 0 saturated heterocycles. The molecular weight excluding hydrogens is 442 g/mol. The maximum Gasteiger partial charge on any atom is 0.164 e. The molecule has 36 heavy (non-hydrogen) atoms. The molecule has 0 aliphatic carbocycles. The first-order chi connectivity index (χ1) is 17.7. The monoisotopic (exact) mass is 463 g/mol. The minimum atomic E-state index is 0.625. The molecule has 0 atom stereocenters. The van der Waals surface area contributed by atoms with Gasteiger partial charge in [0.25, 0.3) is 0 Å². The lowest BCUT2D eigenvalue weighted by molar-refractivity contribution is 0.669. The number of nitrogens with zero attached hydrogens (tertiary/aromatic N) is 3. The van der Waals surface area contributed by atoms with Gasteiger partial charge < -0.3 is 4.42 Å². The molecule has 2 aromatic heterocycles. The van der Waals surface area contributed by atoms with E-state index in [1.165, 1.54) is 10.9 Å². The van der Waals surface area contributed by atoms with Gasteiger partial charge in [-0.2, -0.15) is 0 Å². The summed E-state index contributed by atoms with van der Waals surface area (Å²) >= 11 is 0. The Labute approximate surface area is 207 Å². The number of aryl methyl sites for hydroxylation is 1. The second-order valence-electron chi connectivity index (χ2n) is 8.98. The highest BCUT2D eigenvalue weighted by Gasteiger charge is 2.18. The fourth-order valence-electron chi connectivity index (χ4n) is 4.89. The van der Waals surface area contributed by atoms with E-state index in [0.29, 0.717) is 17.5 Å². The molecule has 0 radical (unpaired) electrons. The minimum Gasteiger partial charge on any atom is -0.456 e. The van der Waals surface area contributed by atoms with Gasteiger partial charge in [0, 0.05) is 27.5 Å². The summed E-state index contributed by atoms with van der Waals surface area (Å²) in [5.41, 5.74) is 5.74. The van der Waals surface area contributed by atoms with E-state index in [9.17, 15) is 0 Å². The summed E-state index contributed by atoms with van der Waals surface area (Å²) in [5, 5.41) is 4.34. The Morgan fingerprint density at radius 2 is 1.22 bits per heavy atom. The Morgan fingerprint density at radius 1 is 0.528 bits per heavy atom. The molecule has 4 heteroatoms. The van der Waals surface area contributed by atoms with Crippen LogP contribution in [0.3, 0.4) is 0 Å². The second-order valence-corrected chi connectivity index (χ2v) is 8.98. The van der Waals surface area contributed by atoms with Crippen molar-refractivity contribution in [2.45, 2.75) is 6.92 Å². The Balaban J connectivity index is 1.54. The molecule has 0 aliphatic rings. The summed E-state index contributed by atoms with van der Waals surface area (Å²) < 4.78 is 6.14. The van der Waals surface area contributed by atoms with Crippen molar-refractivity contribution in [3.05, 3.63) is 115 Å². The highest BCUT2D eigenvalue weighted by molar-refractivity contribution is 6.11. The molecule has 0 amide bonds. The van der Waals surface area contributed by atoms with E-state index in [4.69, 9.17) is 19.4 Å². The average molecular weight is 464 g/mol. The van der Waals surface area contributed by atoms with Gasteiger partial charge >= 0.3 is 0 Å². The maximum absolute atomic E-state index is 6.14. The standard InChI is InChI=1S/C32H21N3O/c1-20-17-18-23-22(19-20)11-7-13-24(23)31-33-30(21-9-3-2-4-10-21)34-32(35-31)26-14-8-16-28-29(26)25-12-5-6-15-27(25)36-28/h2-19H,1H3. The predicted molar refractivity (Wildman–Crippen MR) is 146 cm³/mol. The largest absolute Gasteiger partial charge is 0.456 e. The predicted octanol–water partition coefficient (Wildman–Crippen LogP) is 8.23. The second kappa shape index (κ2) is 8.14. The van der Waals surface area contributed by atoms with Gasteiger partial charge in [-0.1, -0.05) is 103 Å². The first-order valence-electron chi connectivity index (χ1n) is 12.0. The zero-order chi connectivity index (χ0) is 24.1. The first kappa shape index (κ1) is 20.5. The Bertz CT molecular complexity index is 1900. The van der Waals surface area contributed by atoms with Crippen molar-refractivity contribution >= 4 is 32.7 Å². The van der Waals surface area contributed by atoms with E-state index in [1.54, 1.807) is 0 Å². The van der Waals surface area contributed by atoms with E-state index < -0.39 is 0 Å². The van der Waals surface area contributed by atoms with Crippen molar-refractivity contribution in [1.29, 1.82) is 0 Å². The average Bonchev–Trinajstić information content (AvgIpc) is 3.32. The highest BCUT2D eigenvalue weighted by Crippen LogP contribution is 2.37. The third-order valence-electron chi connectivity index (χ3n) is 6.59. The number of furan rings is 1. The van der Waals surface area contributed by atoms with Crippen molar-refractivity contribution < 1.29 is 4.42 Å². The maximum atomic E-state index is 6.14. The van der Waals surface area contributed by atoms with E-state index >= 15 is 0 Å². The molecule has 170 valence electrons. The van der Waals surface area contributed by atoms with Crippen LogP contribution in [-0.4, -0.2) is 15.0 Å². The number of rotatable bonds is 3. The third kappa shape index (κ3) is 3.35. The highest BCUT2D eigenvalue weighted by atomic mass is 16.3. The van der Waals surface area contributed by atoms with Crippen molar-refractivity contribution in [1.82, 2.24) is 15.0 Å². The van der Waals surface area contributed by atoms with Gasteiger partial charge in [0.15, 0.2) is 17.5 Å². The molecule has 2 heterocycles. The number of aromatic nitrogens is 3. The van der Waals surface area contributed by atoms with Crippen LogP contribution in [-0.2, 0) is 0 Å². The molecule has 0 spiro atoms. The van der Waals surface area contributed by atoms with Crippen LogP contribution in [0, 0.1) is 6.92 Å². The van der Waals surface area contributed by atoms with Crippen LogP contribution in [0.2, 0.25) is 0 Å². The van der Waals surface area contributed by atoms with Gasteiger partial charge in [0.05, 0.1) is 0 Å². The van der Waals surface area contributed by atoms with Crippen LogP contribution < -0.4 is 0 Å². The summed E-state index contributed by atoms with van der Waals surface area (Å²) in [7, 11) is 0. The number of hydrogen-bond donors (Lipinski definition) is 0. The van der Waals surface area contributed by atoms with Crippen LogP contribution in [0.4, 0.5) is 0 Å². The number of para-hydroxylation sites is 1. The van der Waals surface area contributed by atoms with E-state index in [1.807, 2.05) is 60.7 Å². The summed E-state index contributed by atoms with van der Waals surface area (Å²) in [5.74, 6) is 1.92. The normalized spacial score (nSPS) is 11.5. The fraction of sp³-hybridized carbons (Fsp3) is 0.0312. The molecule has 0 bridgehead atoms. The summed E-state index contributed by atoms with van der Waals surface area (Å²) in [6.45, 7) is 2.11. The van der Waals surface area contributed by atoms with Crippen molar-refractivity contribution in [3.63, 3.8) is 0 Å². The van der Waals surface area contributed by atoms with Crippen LogP contribution in [0.15, 0.2) is 114 Å². The lowest BCUT2D eigenvalue weighted by Crippen LogP contribution is -2.00. The lowest BCUT2D eigenvalue weighted by Gasteiger charge is -2.11. The number of benzene rings is 5. The molecular formula is C32H21N3O. The van der Waals surface area contributed by atoms with Crippen LogP contribution in [0.1, 0.15) is 5.56 Å². The van der Waals surface area contributed by atoms with Crippen molar-refractivity contribution in [3.8, 4) is 34.2 Å². The molecule has 0 N–H and O–H groups in total. The van der Waals surface area contributed by atoms with Crippen LogP contribution >= 0.6 is 0 Å². The topological polar surface area (TPSA) is 51.8 Å². The zero-order valence-electron chi connectivity index (χ0n) is 19.6. The number of fused-ring (bicyclic) bond motifs is 4. The molecule has 0 saturated carbocycles. The van der Waals surface area contributed by atoms with E-state index in [-0.39, 0.29) is 0 Å². The SMILES string of the molecule is Cc1ccc2c(-c3nc(-c4ccccc4)nc(-c4cccc5oc6ccccc6c45)n3)cccc2c1. The van der Waals surface area contributed by atoms with Gasteiger partial charge in [-0.15, -0.1) is 0 Å². The Kier molecular flexibility index (Phi) is 4.64. The minimum absolute atomic E-state index is 0.625. The smallest absolute Gasteiger partial charge is 0.164 e. The van der Waals surface area contributed by atoms with Gasteiger partial charge in [0.2, 0.25) is 0 Å². The quantitative estimate of drug-likeness (QED) is 0.265. The third-order valence-corrected chi connectivity index (χ3v) is 6.59. The zero-order valence-corrected chi connectivity index (χ0v) is 19.6. The summed E-state index contributed by atoms with van der Waals surface area (Å²) in [6, 6.07) is 36.9. The molecule has 0 aliphatic heterocycles. The summed E-state index contributed by atoms with van der Waals surface area (Å²) in [4.78, 5) is 15.0. The van der Waals surface area contributed by atoms with Crippen molar-refractivity contribution in [2.24, 2.45) is 0 Å². The van der Waals surface area contributed by atoms with E-state index in [0.717, 1.165) is 44.0 Å². The van der Waals surface area contributed by atoms with Gasteiger partial charge in [0.1, 0.15) is 11.2 Å². The van der Waals surface area contributed by atoms with Gasteiger partial charge in [-0.05, 0) is 29.8 Å². The Morgan fingerprint density at radius 3 is 2.11 bits per heavy atom. The van der Waals surface area contributed by atoms with Crippen LogP contribution in [0.5, 0.6) is 0 Å².